The molecule has 0 saturated carbocycles. The van der Waals surface area contributed by atoms with Gasteiger partial charge in [-0.25, -0.2) is 4.99 Å². The molecular weight excluding hydrogens is 306 g/mol. The third-order valence-electron chi connectivity index (χ3n) is 2.17. The van der Waals surface area contributed by atoms with Gasteiger partial charge in [0.25, 0.3) is 0 Å². The van der Waals surface area contributed by atoms with Crippen LogP contribution in [0.1, 0.15) is 11.1 Å². The summed E-state index contributed by atoms with van der Waals surface area (Å²) in [6.07, 6.45) is 0. The molecular formula is C10H13BrClN5. The van der Waals surface area contributed by atoms with Crippen molar-refractivity contribution in [3.63, 3.8) is 0 Å². The quantitative estimate of drug-likeness (QED) is 0.544. The van der Waals surface area contributed by atoms with Crippen LogP contribution in [-0.2, 0) is 0 Å². The molecule has 6 N–H and O–H groups in total. The number of aliphatic imine (C=N–C) groups is 2. The van der Waals surface area contributed by atoms with Gasteiger partial charge in [-0.1, -0.05) is 11.6 Å². The molecule has 0 aromatic heterocycles. The molecule has 1 rings (SSSR count). The summed E-state index contributed by atoms with van der Waals surface area (Å²) >= 11 is 9.50. The second-order valence-electron chi connectivity index (χ2n) is 3.47. The molecule has 0 spiro atoms. The lowest BCUT2D eigenvalue weighted by Crippen LogP contribution is -2.26. The highest BCUT2D eigenvalue weighted by molar-refractivity contribution is 9.10. The molecule has 0 saturated heterocycles. The van der Waals surface area contributed by atoms with E-state index < -0.39 is 0 Å². The van der Waals surface area contributed by atoms with Crippen molar-refractivity contribution in [1.82, 2.24) is 0 Å². The summed E-state index contributed by atoms with van der Waals surface area (Å²) in [6.45, 7) is 3.91. The van der Waals surface area contributed by atoms with E-state index in [9.17, 15) is 0 Å². The Bertz CT molecular complexity index is 506. The highest BCUT2D eigenvalue weighted by Gasteiger charge is 2.10. The van der Waals surface area contributed by atoms with Gasteiger partial charge in [0.2, 0.25) is 5.96 Å². The molecule has 1 aromatic carbocycles. The maximum absolute atomic E-state index is 6.08. The zero-order chi connectivity index (χ0) is 13.2. The van der Waals surface area contributed by atoms with Crippen LogP contribution in [0, 0.1) is 13.8 Å². The van der Waals surface area contributed by atoms with Gasteiger partial charge in [0.1, 0.15) is 5.69 Å². The van der Waals surface area contributed by atoms with E-state index in [0.717, 1.165) is 15.6 Å². The Morgan fingerprint density at radius 3 is 2.41 bits per heavy atom. The van der Waals surface area contributed by atoms with Gasteiger partial charge in [-0.3, -0.25) is 0 Å². The van der Waals surface area contributed by atoms with Crippen LogP contribution in [0.2, 0.25) is 5.02 Å². The van der Waals surface area contributed by atoms with Crippen LogP contribution in [0.15, 0.2) is 20.5 Å². The van der Waals surface area contributed by atoms with Gasteiger partial charge in [-0.05, 0) is 47.0 Å². The first-order valence-corrected chi connectivity index (χ1v) is 5.89. The van der Waals surface area contributed by atoms with E-state index in [1.165, 1.54) is 0 Å². The Hall–Kier alpha value is -1.27. The number of nitrogens with two attached hydrogens (primary N) is 3. The minimum absolute atomic E-state index is 0.0455. The van der Waals surface area contributed by atoms with Crippen molar-refractivity contribution in [2.45, 2.75) is 13.8 Å². The fraction of sp³-hybridized carbons (Fsp3) is 0.200. The molecule has 0 aliphatic rings. The molecule has 0 amide bonds. The van der Waals surface area contributed by atoms with E-state index in [-0.39, 0.29) is 11.9 Å². The van der Waals surface area contributed by atoms with Crippen molar-refractivity contribution in [3.8, 4) is 0 Å². The van der Waals surface area contributed by atoms with Crippen molar-refractivity contribution in [2.75, 3.05) is 0 Å². The molecule has 0 aliphatic carbocycles. The lowest BCUT2D eigenvalue weighted by atomic mass is 10.1. The third kappa shape index (κ3) is 3.34. The fourth-order valence-electron chi connectivity index (χ4n) is 1.20. The molecule has 0 atom stereocenters. The first-order valence-electron chi connectivity index (χ1n) is 4.72. The van der Waals surface area contributed by atoms with Crippen molar-refractivity contribution in [1.29, 1.82) is 0 Å². The molecule has 5 nitrogen and oxygen atoms in total. The lowest BCUT2D eigenvalue weighted by Gasteiger charge is -2.08. The van der Waals surface area contributed by atoms with Crippen molar-refractivity contribution < 1.29 is 0 Å². The van der Waals surface area contributed by atoms with Crippen molar-refractivity contribution in [3.05, 3.63) is 26.7 Å². The Balaban J connectivity index is 3.34. The second kappa shape index (κ2) is 5.37. The number of halogens is 2. The van der Waals surface area contributed by atoms with E-state index in [1.807, 2.05) is 19.9 Å². The molecule has 0 radical (unpaired) electrons. The molecule has 7 heteroatoms. The second-order valence-corrected chi connectivity index (χ2v) is 4.67. The van der Waals surface area contributed by atoms with Crippen LogP contribution in [0.3, 0.4) is 0 Å². The first kappa shape index (κ1) is 13.8. The molecule has 0 aliphatic heterocycles. The maximum Gasteiger partial charge on any atom is 0.223 e. The normalized spacial score (nSPS) is 11.4. The summed E-state index contributed by atoms with van der Waals surface area (Å²) in [6, 6.07) is 1.81. The van der Waals surface area contributed by atoms with Crippen LogP contribution in [0.4, 0.5) is 5.69 Å². The highest BCUT2D eigenvalue weighted by atomic mass is 79.9. The van der Waals surface area contributed by atoms with Gasteiger partial charge in [0.05, 0.1) is 5.02 Å². The average molecular weight is 319 g/mol. The summed E-state index contributed by atoms with van der Waals surface area (Å²) in [4.78, 5) is 7.70. The van der Waals surface area contributed by atoms with Gasteiger partial charge >= 0.3 is 0 Å². The van der Waals surface area contributed by atoms with Gasteiger partial charge in [-0.15, -0.1) is 0 Å². The monoisotopic (exact) mass is 317 g/mol. The molecule has 0 bridgehead atoms. The van der Waals surface area contributed by atoms with Crippen molar-refractivity contribution >= 4 is 45.1 Å². The summed E-state index contributed by atoms with van der Waals surface area (Å²) in [5.41, 5.74) is 18.6. The minimum atomic E-state index is -0.151. The lowest BCUT2D eigenvalue weighted by molar-refractivity contribution is 1.29. The summed E-state index contributed by atoms with van der Waals surface area (Å²) in [7, 11) is 0. The zero-order valence-corrected chi connectivity index (χ0v) is 11.8. The maximum atomic E-state index is 6.08. The summed E-state index contributed by atoms with van der Waals surface area (Å²) in [5, 5.41) is 0.480. The Kier molecular flexibility index (Phi) is 4.36. The van der Waals surface area contributed by atoms with Gasteiger partial charge in [0, 0.05) is 4.47 Å². The van der Waals surface area contributed by atoms with Crippen molar-refractivity contribution in [2.24, 2.45) is 27.2 Å². The van der Waals surface area contributed by atoms with Gasteiger partial charge < -0.3 is 17.2 Å². The molecule has 17 heavy (non-hydrogen) atoms. The number of rotatable bonds is 1. The van der Waals surface area contributed by atoms with Crippen LogP contribution in [0.25, 0.3) is 0 Å². The van der Waals surface area contributed by atoms with Crippen LogP contribution in [0.5, 0.6) is 0 Å². The number of hydrogen-bond donors (Lipinski definition) is 3. The van der Waals surface area contributed by atoms with E-state index in [4.69, 9.17) is 28.8 Å². The number of benzene rings is 1. The number of guanidine groups is 2. The fourth-order valence-corrected chi connectivity index (χ4v) is 2.23. The van der Waals surface area contributed by atoms with Gasteiger partial charge in [-0.2, -0.15) is 4.99 Å². The third-order valence-corrected chi connectivity index (χ3v) is 3.43. The summed E-state index contributed by atoms with van der Waals surface area (Å²) < 4.78 is 0.774. The number of hydrogen-bond acceptors (Lipinski definition) is 1. The summed E-state index contributed by atoms with van der Waals surface area (Å²) in [5.74, 6) is -0.196. The minimum Gasteiger partial charge on any atom is -0.370 e. The predicted molar refractivity (Wildman–Crippen MR) is 75.7 cm³/mol. The molecule has 92 valence electrons. The highest BCUT2D eigenvalue weighted by Crippen LogP contribution is 2.37. The number of nitrogens with zero attached hydrogens (tertiary/aromatic N) is 2. The van der Waals surface area contributed by atoms with E-state index in [2.05, 4.69) is 25.9 Å². The Morgan fingerprint density at radius 2 is 1.88 bits per heavy atom. The zero-order valence-electron chi connectivity index (χ0n) is 9.46. The van der Waals surface area contributed by atoms with E-state index >= 15 is 0 Å². The van der Waals surface area contributed by atoms with Gasteiger partial charge in [0.15, 0.2) is 5.96 Å². The molecule has 1 aromatic rings. The number of aryl methyl sites for hydroxylation is 1. The topological polar surface area (TPSA) is 103 Å². The van der Waals surface area contributed by atoms with Crippen LogP contribution < -0.4 is 17.2 Å². The average Bonchev–Trinajstić information content (AvgIpc) is 2.20. The Morgan fingerprint density at radius 1 is 1.29 bits per heavy atom. The SMILES string of the molecule is Cc1cc(Cl)c(N=C(N)N=C(N)N)c(Br)c1C. The smallest absolute Gasteiger partial charge is 0.223 e. The standard InChI is InChI=1S/C10H13BrClN5/c1-4-3-6(12)8(7(11)5(4)2)16-10(15)17-9(13)14/h3H,1-2H3,(H6,13,14,15,16,17). The largest absolute Gasteiger partial charge is 0.370 e. The Labute approximate surface area is 113 Å². The molecule has 0 heterocycles. The van der Waals surface area contributed by atoms with E-state index in [0.29, 0.717) is 10.7 Å². The van der Waals surface area contributed by atoms with E-state index in [1.54, 1.807) is 0 Å². The van der Waals surface area contributed by atoms with Crippen LogP contribution in [-0.4, -0.2) is 11.9 Å². The predicted octanol–water partition coefficient (Wildman–Crippen LogP) is 1.94. The van der Waals surface area contributed by atoms with Crippen LogP contribution >= 0.6 is 27.5 Å². The molecule has 0 fully saturated rings. The molecule has 0 unspecified atom stereocenters. The first-order chi connectivity index (χ1) is 7.82.